The lowest BCUT2D eigenvalue weighted by Crippen LogP contribution is -2.25. The molecule has 2 unspecified atom stereocenters. The average Bonchev–Trinajstić information content (AvgIpc) is 3.85. The number of nitrogens with zero attached hydrogens (tertiary/aromatic N) is 2. The first kappa shape index (κ1) is 29.7. The van der Waals surface area contributed by atoms with E-state index < -0.39 is 11.9 Å². The summed E-state index contributed by atoms with van der Waals surface area (Å²) in [6.07, 6.45) is 2.05. The number of hydrogen-bond donors (Lipinski definition) is 0. The van der Waals surface area contributed by atoms with Crippen LogP contribution in [0.1, 0.15) is 15.0 Å². The van der Waals surface area contributed by atoms with Crippen molar-refractivity contribution in [3.63, 3.8) is 0 Å². The first-order chi connectivity index (χ1) is 23.2. The molecule has 2 aromatic carbocycles. The zero-order valence-corrected chi connectivity index (χ0v) is 30.0. The molecule has 10 rings (SSSR count). The van der Waals surface area contributed by atoms with Crippen LogP contribution in [-0.2, 0) is 19.1 Å². The molecule has 0 saturated heterocycles. The van der Waals surface area contributed by atoms with Gasteiger partial charge in [0.25, 0.3) is 0 Å². The van der Waals surface area contributed by atoms with Crippen LogP contribution < -0.4 is 4.90 Å². The van der Waals surface area contributed by atoms with Gasteiger partial charge < -0.3 is 18.9 Å². The molecule has 0 fully saturated rings. The van der Waals surface area contributed by atoms with Crippen LogP contribution in [0.4, 0.5) is 11.4 Å². The molecule has 14 heteroatoms. The molecule has 6 aromatic rings. The van der Waals surface area contributed by atoms with E-state index in [1.54, 1.807) is 46.6 Å². The Morgan fingerprint density at radius 2 is 1.33 bits per heavy atom. The highest BCUT2D eigenvalue weighted by molar-refractivity contribution is 8.04. The highest BCUT2D eigenvalue weighted by Gasteiger charge is 2.50. The molecule has 0 saturated carbocycles. The standard InChI is InChI=1S/C34H14Cl4N2O4S4/c35-13-5-14(36)8-17(7-13)39-19-1-3-45-29(19)31-21(39)11-23(47-31)27-25-26(34(42)43-27)28(44-33(25)41)24-12-22-32(48-24)30-20(2-4-46-30)40(22)18-9-15(37)6-16(38)10-18/h1-12,21,31H. The van der Waals surface area contributed by atoms with Crippen molar-refractivity contribution in [1.29, 1.82) is 0 Å². The van der Waals surface area contributed by atoms with Crippen molar-refractivity contribution < 1.29 is 19.1 Å². The Hall–Kier alpha value is -3.19. The quantitative estimate of drug-likeness (QED) is 0.166. The number of ether oxygens (including phenoxy) is 2. The van der Waals surface area contributed by atoms with Crippen LogP contribution in [0.5, 0.6) is 0 Å². The molecule has 0 spiro atoms. The fraction of sp³-hybridized carbons (Fsp3) is 0.0588. The number of aromatic nitrogens is 1. The molecule has 4 aromatic heterocycles. The summed E-state index contributed by atoms with van der Waals surface area (Å²) in [7, 11) is 0. The minimum Gasteiger partial charge on any atom is -0.421 e. The Morgan fingerprint density at radius 3 is 2.06 bits per heavy atom. The summed E-state index contributed by atoms with van der Waals surface area (Å²) in [5.41, 5.74) is 4.93. The highest BCUT2D eigenvalue weighted by atomic mass is 35.5. The van der Waals surface area contributed by atoms with E-state index in [2.05, 4.69) is 20.9 Å². The van der Waals surface area contributed by atoms with Crippen LogP contribution in [-0.4, -0.2) is 22.5 Å². The van der Waals surface area contributed by atoms with E-state index in [0.29, 0.717) is 29.9 Å². The van der Waals surface area contributed by atoms with Crippen molar-refractivity contribution in [3.05, 3.63) is 123 Å². The number of anilines is 2. The smallest absolute Gasteiger partial charge is 0.348 e. The molecule has 0 amide bonds. The summed E-state index contributed by atoms with van der Waals surface area (Å²) in [5.74, 6) is -0.787. The van der Waals surface area contributed by atoms with E-state index in [-0.39, 0.29) is 34.0 Å². The van der Waals surface area contributed by atoms with E-state index >= 15 is 0 Å². The van der Waals surface area contributed by atoms with E-state index in [1.807, 2.05) is 47.9 Å². The molecule has 0 radical (unpaired) electrons. The topological polar surface area (TPSA) is 60.8 Å². The Morgan fingerprint density at radius 1 is 0.688 bits per heavy atom. The molecule has 0 aliphatic carbocycles. The molecule has 8 heterocycles. The van der Waals surface area contributed by atoms with Crippen LogP contribution >= 0.6 is 92.2 Å². The summed E-state index contributed by atoms with van der Waals surface area (Å²) in [4.78, 5) is 31.8. The summed E-state index contributed by atoms with van der Waals surface area (Å²) in [6.45, 7) is 0. The first-order valence-corrected chi connectivity index (χ1v) is 19.3. The number of benzene rings is 2. The molecule has 48 heavy (non-hydrogen) atoms. The molecule has 236 valence electrons. The average molecular weight is 785 g/mol. The summed E-state index contributed by atoms with van der Waals surface area (Å²) >= 11 is 31.8. The molecule has 2 atom stereocenters. The van der Waals surface area contributed by atoms with Crippen molar-refractivity contribution in [2.75, 3.05) is 4.90 Å². The number of fused-ring (bicyclic) bond motifs is 7. The SMILES string of the molecule is O=C1OC(c2cc3c(s2)c2sccc2n3-c2cc(Cl)cc(Cl)c2)=C2C(=O)OC(C3=CC4C(S3)c3sccc3N4c3cc(Cl)cc(Cl)c3)=C12. The molecule has 4 aliphatic rings. The third-order valence-electron chi connectivity index (χ3n) is 8.60. The van der Waals surface area contributed by atoms with Gasteiger partial charge in [0, 0.05) is 41.2 Å². The van der Waals surface area contributed by atoms with Gasteiger partial charge >= 0.3 is 11.9 Å². The van der Waals surface area contributed by atoms with Gasteiger partial charge in [0.2, 0.25) is 0 Å². The fourth-order valence-electron chi connectivity index (χ4n) is 6.81. The minimum atomic E-state index is -0.612. The van der Waals surface area contributed by atoms with Gasteiger partial charge in [0.15, 0.2) is 11.5 Å². The van der Waals surface area contributed by atoms with Crippen molar-refractivity contribution in [2.24, 2.45) is 0 Å². The second-order valence-corrected chi connectivity index (χ2v) is 17.2. The third-order valence-corrected chi connectivity index (χ3v) is 14.1. The second kappa shape index (κ2) is 10.7. The maximum atomic E-state index is 13.5. The molecular formula is C34H14Cl4N2O4S4. The van der Waals surface area contributed by atoms with Crippen LogP contribution in [0.25, 0.3) is 31.9 Å². The second-order valence-electron chi connectivity index (χ2n) is 11.3. The molecular weight excluding hydrogens is 770 g/mol. The molecule has 0 bridgehead atoms. The summed E-state index contributed by atoms with van der Waals surface area (Å²) in [6, 6.07) is 16.8. The van der Waals surface area contributed by atoms with Crippen LogP contribution in [0.15, 0.2) is 93.2 Å². The number of rotatable bonds is 4. The van der Waals surface area contributed by atoms with Crippen molar-refractivity contribution in [3.8, 4) is 5.69 Å². The third kappa shape index (κ3) is 4.24. The summed E-state index contributed by atoms with van der Waals surface area (Å²) in [5, 5.41) is 6.20. The van der Waals surface area contributed by atoms with Crippen molar-refractivity contribution in [1.82, 2.24) is 4.57 Å². The Kier molecular flexibility index (Phi) is 6.59. The number of thiophene rings is 3. The van der Waals surface area contributed by atoms with E-state index in [1.165, 1.54) is 16.2 Å². The number of cyclic esters (lactones) is 2. The lowest BCUT2D eigenvalue weighted by molar-refractivity contribution is -0.132. The first-order valence-electron chi connectivity index (χ1n) is 14.4. The predicted molar refractivity (Wildman–Crippen MR) is 198 cm³/mol. The normalized spacial score (nSPS) is 19.9. The Labute approximate surface area is 308 Å². The number of thioether (sulfide) groups is 1. The van der Waals surface area contributed by atoms with Gasteiger partial charge in [0.1, 0.15) is 11.1 Å². The highest BCUT2D eigenvalue weighted by Crippen LogP contribution is 2.61. The molecule has 4 aliphatic heterocycles. The van der Waals surface area contributed by atoms with E-state index in [0.717, 1.165) is 37.5 Å². The Balaban J connectivity index is 1.08. The maximum absolute atomic E-state index is 13.5. The monoisotopic (exact) mass is 782 g/mol. The zero-order valence-electron chi connectivity index (χ0n) is 23.8. The number of carbonyl (C=O) groups is 2. The molecule has 6 nitrogen and oxygen atoms in total. The number of hydrogen-bond acceptors (Lipinski definition) is 9. The van der Waals surface area contributed by atoms with Gasteiger partial charge in [-0.05, 0) is 71.4 Å². The van der Waals surface area contributed by atoms with Crippen molar-refractivity contribution in [2.45, 2.75) is 11.3 Å². The maximum Gasteiger partial charge on any atom is 0.348 e. The van der Waals surface area contributed by atoms with E-state index in [9.17, 15) is 9.59 Å². The van der Waals surface area contributed by atoms with Gasteiger partial charge in [-0.3, -0.25) is 0 Å². The van der Waals surface area contributed by atoms with Gasteiger partial charge in [-0.2, -0.15) is 0 Å². The van der Waals surface area contributed by atoms with Gasteiger partial charge in [-0.15, -0.1) is 45.8 Å². The van der Waals surface area contributed by atoms with Gasteiger partial charge in [-0.25, -0.2) is 9.59 Å². The van der Waals surface area contributed by atoms with Crippen LogP contribution in [0.3, 0.4) is 0 Å². The van der Waals surface area contributed by atoms with Gasteiger partial charge in [-0.1, -0.05) is 46.4 Å². The lowest BCUT2D eigenvalue weighted by Gasteiger charge is -2.25. The Bertz CT molecular complexity index is 2530. The predicted octanol–water partition coefficient (Wildman–Crippen LogP) is 11.6. The minimum absolute atomic E-state index is 0.0238. The number of carbonyl (C=O) groups excluding carboxylic acids is 2. The fourth-order valence-corrected chi connectivity index (χ4v) is 12.5. The van der Waals surface area contributed by atoms with Crippen molar-refractivity contribution >= 4 is 142 Å². The largest absolute Gasteiger partial charge is 0.421 e. The zero-order chi connectivity index (χ0) is 32.6. The van der Waals surface area contributed by atoms with Gasteiger partial charge in [0.05, 0.1) is 42.3 Å². The summed E-state index contributed by atoms with van der Waals surface area (Å²) < 4.78 is 15.9. The molecule has 0 N–H and O–H groups in total. The number of halogens is 4. The lowest BCUT2D eigenvalue weighted by atomic mass is 10.1. The van der Waals surface area contributed by atoms with E-state index in [4.69, 9.17) is 55.9 Å². The van der Waals surface area contributed by atoms with Crippen LogP contribution in [0.2, 0.25) is 20.1 Å². The number of esters is 2. The van der Waals surface area contributed by atoms with Crippen LogP contribution in [0, 0.1) is 0 Å².